The van der Waals surface area contributed by atoms with E-state index in [-0.39, 0.29) is 12.1 Å². The summed E-state index contributed by atoms with van der Waals surface area (Å²) in [5, 5.41) is 9.14. The molecule has 2 saturated heterocycles. The van der Waals surface area contributed by atoms with Crippen molar-refractivity contribution in [2.75, 3.05) is 32.8 Å². The summed E-state index contributed by atoms with van der Waals surface area (Å²) in [5.41, 5.74) is 0. The Bertz CT molecular complexity index is 236. The maximum atomic E-state index is 11.5. The second-order valence-corrected chi connectivity index (χ2v) is 4.94. The Morgan fingerprint density at radius 2 is 2.12 bits per heavy atom. The number of piperidine rings is 1. The van der Waals surface area contributed by atoms with Gasteiger partial charge in [0, 0.05) is 19.7 Å². The minimum atomic E-state index is -0.0638. The SMILES string of the molecule is O=C(NCC1CCCNC1)NCC1CCCO1. The zero-order valence-corrected chi connectivity index (χ0v) is 10.3. The first kappa shape index (κ1) is 12.6. The predicted octanol–water partition coefficient (Wildman–Crippen LogP) is 0.464. The lowest BCUT2D eigenvalue weighted by Gasteiger charge is -2.23. The van der Waals surface area contributed by atoms with Crippen LogP contribution in [0.4, 0.5) is 4.79 Å². The van der Waals surface area contributed by atoms with Crippen molar-refractivity contribution in [1.82, 2.24) is 16.0 Å². The van der Waals surface area contributed by atoms with E-state index >= 15 is 0 Å². The Balaban J connectivity index is 1.53. The largest absolute Gasteiger partial charge is 0.376 e. The molecule has 2 atom stereocenters. The molecule has 17 heavy (non-hydrogen) atoms. The molecule has 0 aliphatic carbocycles. The number of hydrogen-bond acceptors (Lipinski definition) is 3. The molecule has 2 aliphatic rings. The minimum absolute atomic E-state index is 0.0638. The van der Waals surface area contributed by atoms with Gasteiger partial charge in [0.25, 0.3) is 0 Å². The number of rotatable bonds is 4. The van der Waals surface area contributed by atoms with Gasteiger partial charge in [0.2, 0.25) is 0 Å². The topological polar surface area (TPSA) is 62.4 Å². The Morgan fingerprint density at radius 3 is 2.82 bits per heavy atom. The second-order valence-electron chi connectivity index (χ2n) is 4.94. The van der Waals surface area contributed by atoms with Gasteiger partial charge in [-0.3, -0.25) is 0 Å². The summed E-state index contributed by atoms with van der Waals surface area (Å²) in [6, 6.07) is -0.0638. The smallest absolute Gasteiger partial charge is 0.314 e. The molecule has 2 unspecified atom stereocenters. The van der Waals surface area contributed by atoms with Gasteiger partial charge in [-0.2, -0.15) is 0 Å². The summed E-state index contributed by atoms with van der Waals surface area (Å²) in [6.45, 7) is 4.37. The van der Waals surface area contributed by atoms with E-state index in [9.17, 15) is 4.79 Å². The van der Waals surface area contributed by atoms with Crippen LogP contribution in [0.2, 0.25) is 0 Å². The van der Waals surface area contributed by atoms with Gasteiger partial charge < -0.3 is 20.7 Å². The van der Waals surface area contributed by atoms with Crippen molar-refractivity contribution in [3.63, 3.8) is 0 Å². The summed E-state index contributed by atoms with van der Waals surface area (Å²) in [4.78, 5) is 11.5. The number of carbonyl (C=O) groups is 1. The van der Waals surface area contributed by atoms with Crippen molar-refractivity contribution in [3.05, 3.63) is 0 Å². The fourth-order valence-corrected chi connectivity index (χ4v) is 2.41. The third kappa shape index (κ3) is 4.52. The van der Waals surface area contributed by atoms with Crippen LogP contribution < -0.4 is 16.0 Å². The van der Waals surface area contributed by atoms with Crippen molar-refractivity contribution in [3.8, 4) is 0 Å². The number of amides is 2. The van der Waals surface area contributed by atoms with Crippen LogP contribution in [-0.4, -0.2) is 44.9 Å². The van der Waals surface area contributed by atoms with Gasteiger partial charge >= 0.3 is 6.03 Å². The summed E-state index contributed by atoms with van der Waals surface area (Å²) < 4.78 is 5.45. The average molecular weight is 241 g/mol. The van der Waals surface area contributed by atoms with Crippen LogP contribution in [0.25, 0.3) is 0 Å². The van der Waals surface area contributed by atoms with Crippen molar-refractivity contribution < 1.29 is 9.53 Å². The first-order valence-corrected chi connectivity index (χ1v) is 6.68. The van der Waals surface area contributed by atoms with Gasteiger partial charge in [-0.05, 0) is 44.7 Å². The van der Waals surface area contributed by atoms with Crippen molar-refractivity contribution >= 4 is 6.03 Å². The second kappa shape index (κ2) is 6.81. The lowest BCUT2D eigenvalue weighted by atomic mass is 10.00. The summed E-state index contributed by atoms with van der Waals surface area (Å²) in [6.07, 6.45) is 4.81. The zero-order chi connectivity index (χ0) is 11.9. The van der Waals surface area contributed by atoms with Gasteiger partial charge in [0.1, 0.15) is 0 Å². The molecule has 2 fully saturated rings. The molecule has 2 amide bonds. The number of urea groups is 1. The molecule has 3 N–H and O–H groups in total. The first-order valence-electron chi connectivity index (χ1n) is 6.68. The Morgan fingerprint density at radius 1 is 1.24 bits per heavy atom. The van der Waals surface area contributed by atoms with Crippen LogP contribution in [0.3, 0.4) is 0 Å². The van der Waals surface area contributed by atoms with Gasteiger partial charge in [-0.1, -0.05) is 0 Å². The highest BCUT2D eigenvalue weighted by atomic mass is 16.5. The molecule has 2 heterocycles. The molecule has 0 aromatic rings. The van der Waals surface area contributed by atoms with Crippen LogP contribution in [0.5, 0.6) is 0 Å². The lowest BCUT2D eigenvalue weighted by Crippen LogP contribution is -2.44. The lowest BCUT2D eigenvalue weighted by molar-refractivity contribution is 0.111. The van der Waals surface area contributed by atoms with E-state index in [1.165, 1.54) is 12.8 Å². The number of carbonyl (C=O) groups excluding carboxylic acids is 1. The minimum Gasteiger partial charge on any atom is -0.376 e. The highest BCUT2D eigenvalue weighted by Gasteiger charge is 2.17. The quantitative estimate of drug-likeness (QED) is 0.670. The molecule has 0 bridgehead atoms. The maximum Gasteiger partial charge on any atom is 0.314 e. The van der Waals surface area contributed by atoms with Crippen LogP contribution in [0.15, 0.2) is 0 Å². The molecular formula is C12H23N3O2. The number of ether oxygens (including phenoxy) is 1. The van der Waals surface area contributed by atoms with E-state index in [0.29, 0.717) is 12.5 Å². The number of hydrogen-bond donors (Lipinski definition) is 3. The summed E-state index contributed by atoms with van der Waals surface area (Å²) in [5.74, 6) is 0.581. The molecule has 5 nitrogen and oxygen atoms in total. The van der Waals surface area contributed by atoms with E-state index in [1.54, 1.807) is 0 Å². The average Bonchev–Trinajstić information content (AvgIpc) is 2.88. The van der Waals surface area contributed by atoms with Crippen molar-refractivity contribution in [1.29, 1.82) is 0 Å². The van der Waals surface area contributed by atoms with Crippen molar-refractivity contribution in [2.45, 2.75) is 31.8 Å². The van der Waals surface area contributed by atoms with Crippen LogP contribution in [-0.2, 0) is 4.74 Å². The molecule has 2 rings (SSSR count). The zero-order valence-electron chi connectivity index (χ0n) is 10.3. The number of nitrogens with one attached hydrogen (secondary N) is 3. The fourth-order valence-electron chi connectivity index (χ4n) is 2.41. The molecular weight excluding hydrogens is 218 g/mol. The third-order valence-corrected chi connectivity index (χ3v) is 3.46. The highest BCUT2D eigenvalue weighted by Crippen LogP contribution is 2.10. The molecule has 98 valence electrons. The van der Waals surface area contributed by atoms with E-state index in [2.05, 4.69) is 16.0 Å². The molecule has 0 spiro atoms. The first-order chi connectivity index (χ1) is 8.34. The Labute approximate surface area is 103 Å². The normalized spacial score (nSPS) is 28.9. The Hall–Kier alpha value is -0.810. The highest BCUT2D eigenvalue weighted by molar-refractivity contribution is 5.73. The van der Waals surface area contributed by atoms with E-state index in [0.717, 1.165) is 39.1 Å². The monoisotopic (exact) mass is 241 g/mol. The third-order valence-electron chi connectivity index (χ3n) is 3.46. The van der Waals surface area contributed by atoms with E-state index in [1.807, 2.05) is 0 Å². The van der Waals surface area contributed by atoms with Crippen LogP contribution in [0.1, 0.15) is 25.7 Å². The van der Waals surface area contributed by atoms with Gasteiger partial charge in [-0.15, -0.1) is 0 Å². The van der Waals surface area contributed by atoms with E-state index in [4.69, 9.17) is 4.74 Å². The predicted molar refractivity (Wildman–Crippen MR) is 66.0 cm³/mol. The fraction of sp³-hybridized carbons (Fsp3) is 0.917. The molecule has 0 aromatic heterocycles. The van der Waals surface area contributed by atoms with Crippen LogP contribution >= 0.6 is 0 Å². The van der Waals surface area contributed by atoms with Gasteiger partial charge in [-0.25, -0.2) is 4.79 Å². The molecule has 2 aliphatic heterocycles. The maximum absolute atomic E-state index is 11.5. The van der Waals surface area contributed by atoms with Gasteiger partial charge in [0.15, 0.2) is 0 Å². The summed E-state index contributed by atoms with van der Waals surface area (Å²) in [7, 11) is 0. The molecule has 0 aromatic carbocycles. The molecule has 0 saturated carbocycles. The molecule has 5 heteroatoms. The summed E-state index contributed by atoms with van der Waals surface area (Å²) >= 11 is 0. The van der Waals surface area contributed by atoms with Crippen LogP contribution in [0, 0.1) is 5.92 Å². The van der Waals surface area contributed by atoms with E-state index < -0.39 is 0 Å². The molecule has 0 radical (unpaired) electrons. The van der Waals surface area contributed by atoms with Gasteiger partial charge in [0.05, 0.1) is 6.10 Å². The standard InChI is InChI=1S/C12H23N3O2/c16-12(15-9-11-4-2-6-17-11)14-8-10-3-1-5-13-7-10/h10-11,13H,1-9H2,(H2,14,15,16). The Kier molecular flexibility index (Phi) is 5.07. The van der Waals surface area contributed by atoms with Crippen molar-refractivity contribution in [2.24, 2.45) is 5.92 Å².